The first kappa shape index (κ1) is 9.33. The van der Waals surface area contributed by atoms with Crippen LogP contribution < -0.4 is 16.2 Å². The molecule has 0 atom stereocenters. The first-order chi connectivity index (χ1) is 7.18. The van der Waals surface area contributed by atoms with Gasteiger partial charge in [-0.1, -0.05) is 24.3 Å². The fraction of sp³-hybridized carbons (Fsp3) is 0. The second kappa shape index (κ2) is 3.49. The third-order valence-electron chi connectivity index (χ3n) is 2.13. The van der Waals surface area contributed by atoms with Crippen LogP contribution in [0.5, 0.6) is 5.75 Å². The van der Waals surface area contributed by atoms with Crippen LogP contribution >= 0.6 is 0 Å². The fourth-order valence-electron chi connectivity index (χ4n) is 1.49. The van der Waals surface area contributed by atoms with Gasteiger partial charge in [0.25, 0.3) is 0 Å². The van der Waals surface area contributed by atoms with E-state index in [1.807, 2.05) is 24.3 Å². The van der Waals surface area contributed by atoms with Crippen LogP contribution in [0.2, 0.25) is 0 Å². The minimum Gasteiger partial charge on any atom is -0.410 e. The van der Waals surface area contributed by atoms with E-state index in [1.165, 1.54) is 0 Å². The van der Waals surface area contributed by atoms with Crippen LogP contribution in [0.3, 0.4) is 0 Å². The van der Waals surface area contributed by atoms with Crippen molar-refractivity contribution in [1.82, 2.24) is 0 Å². The third-order valence-corrected chi connectivity index (χ3v) is 2.13. The number of fused-ring (bicyclic) bond motifs is 1. The van der Waals surface area contributed by atoms with Gasteiger partial charge < -0.3 is 16.2 Å². The molecular formula is C11H10N2O2. The smallest absolute Gasteiger partial charge is 0.409 e. The van der Waals surface area contributed by atoms with Crippen molar-refractivity contribution in [3.8, 4) is 5.75 Å². The van der Waals surface area contributed by atoms with Crippen LogP contribution in [0, 0.1) is 0 Å². The average molecular weight is 202 g/mol. The van der Waals surface area contributed by atoms with Gasteiger partial charge in [-0.15, -0.1) is 0 Å². The number of hydrogen-bond acceptors (Lipinski definition) is 3. The van der Waals surface area contributed by atoms with Gasteiger partial charge in [-0.2, -0.15) is 0 Å². The summed E-state index contributed by atoms with van der Waals surface area (Å²) in [6, 6.07) is 10.7. The summed E-state index contributed by atoms with van der Waals surface area (Å²) >= 11 is 0. The number of hydrogen-bond donors (Lipinski definition) is 2. The predicted octanol–water partition coefficient (Wildman–Crippen LogP) is 1.88. The molecule has 0 heterocycles. The summed E-state index contributed by atoms with van der Waals surface area (Å²) < 4.78 is 4.87. The van der Waals surface area contributed by atoms with E-state index in [2.05, 4.69) is 0 Å². The van der Waals surface area contributed by atoms with Gasteiger partial charge in [0.2, 0.25) is 0 Å². The molecule has 4 N–H and O–H groups in total. The Kier molecular flexibility index (Phi) is 2.17. The lowest BCUT2D eigenvalue weighted by Gasteiger charge is -2.07. The molecule has 0 aliphatic heterocycles. The van der Waals surface area contributed by atoms with Crippen LogP contribution in [0.1, 0.15) is 0 Å². The number of ether oxygens (including phenoxy) is 1. The summed E-state index contributed by atoms with van der Waals surface area (Å²) in [5.41, 5.74) is 11.4. The highest BCUT2D eigenvalue weighted by molar-refractivity contribution is 5.97. The summed E-state index contributed by atoms with van der Waals surface area (Å²) in [4.78, 5) is 10.7. The average Bonchev–Trinajstić information content (AvgIpc) is 2.22. The van der Waals surface area contributed by atoms with Crippen molar-refractivity contribution in [2.24, 2.45) is 5.73 Å². The number of amides is 1. The van der Waals surface area contributed by atoms with E-state index >= 15 is 0 Å². The molecule has 0 saturated carbocycles. The van der Waals surface area contributed by atoms with Gasteiger partial charge in [0.05, 0.1) is 0 Å². The molecular weight excluding hydrogens is 192 g/mol. The number of rotatable bonds is 1. The van der Waals surface area contributed by atoms with E-state index < -0.39 is 6.09 Å². The standard InChI is InChI=1S/C11H10N2O2/c12-9-5-6-10(15-11(13)14)8-4-2-1-3-7(8)9/h1-6H,12H2,(H2,13,14). The van der Waals surface area contributed by atoms with Gasteiger partial charge in [0.15, 0.2) is 0 Å². The van der Waals surface area contributed by atoms with E-state index in [1.54, 1.807) is 12.1 Å². The summed E-state index contributed by atoms with van der Waals surface area (Å²) in [7, 11) is 0. The maximum Gasteiger partial charge on any atom is 0.409 e. The minimum atomic E-state index is -0.829. The topological polar surface area (TPSA) is 78.3 Å². The van der Waals surface area contributed by atoms with Gasteiger partial charge in [-0.3, -0.25) is 0 Å². The molecule has 0 aliphatic carbocycles. The van der Waals surface area contributed by atoms with Crippen LogP contribution in [-0.4, -0.2) is 6.09 Å². The number of benzene rings is 2. The molecule has 0 bridgehead atoms. The zero-order chi connectivity index (χ0) is 10.8. The first-order valence-electron chi connectivity index (χ1n) is 4.43. The molecule has 1 amide bonds. The monoisotopic (exact) mass is 202 g/mol. The Morgan fingerprint density at radius 2 is 1.73 bits per heavy atom. The molecule has 2 aromatic carbocycles. The van der Waals surface area contributed by atoms with Gasteiger partial charge in [-0.05, 0) is 12.1 Å². The van der Waals surface area contributed by atoms with Crippen LogP contribution in [-0.2, 0) is 0 Å². The van der Waals surface area contributed by atoms with E-state index in [9.17, 15) is 4.79 Å². The lowest BCUT2D eigenvalue weighted by atomic mass is 10.1. The molecule has 0 aromatic heterocycles. The highest BCUT2D eigenvalue weighted by Gasteiger charge is 2.06. The molecule has 15 heavy (non-hydrogen) atoms. The van der Waals surface area contributed by atoms with Crippen molar-refractivity contribution in [3.05, 3.63) is 36.4 Å². The van der Waals surface area contributed by atoms with Gasteiger partial charge in [0.1, 0.15) is 5.75 Å². The predicted molar refractivity (Wildman–Crippen MR) is 58.6 cm³/mol. The number of anilines is 1. The van der Waals surface area contributed by atoms with E-state index in [-0.39, 0.29) is 0 Å². The molecule has 2 aromatic rings. The molecule has 0 saturated heterocycles. The number of carbonyl (C=O) groups is 1. The SMILES string of the molecule is NC(=O)Oc1ccc(N)c2ccccc12. The largest absolute Gasteiger partial charge is 0.410 e. The third kappa shape index (κ3) is 1.69. The molecule has 4 heteroatoms. The lowest BCUT2D eigenvalue weighted by Crippen LogP contribution is -2.16. The van der Waals surface area contributed by atoms with Crippen molar-refractivity contribution in [3.63, 3.8) is 0 Å². The van der Waals surface area contributed by atoms with Crippen LogP contribution in [0.25, 0.3) is 10.8 Å². The van der Waals surface area contributed by atoms with E-state index in [0.29, 0.717) is 11.4 Å². The van der Waals surface area contributed by atoms with Crippen molar-refractivity contribution in [1.29, 1.82) is 0 Å². The normalized spacial score (nSPS) is 10.1. The van der Waals surface area contributed by atoms with Crippen molar-refractivity contribution in [2.45, 2.75) is 0 Å². The van der Waals surface area contributed by atoms with E-state index in [0.717, 1.165) is 10.8 Å². The lowest BCUT2D eigenvalue weighted by molar-refractivity contribution is 0.211. The molecule has 76 valence electrons. The molecule has 0 spiro atoms. The summed E-state index contributed by atoms with van der Waals surface area (Å²) in [6.45, 7) is 0. The quantitative estimate of drug-likeness (QED) is 0.693. The number of primary amides is 1. The number of nitrogens with two attached hydrogens (primary N) is 2. The van der Waals surface area contributed by atoms with Crippen LogP contribution in [0.4, 0.5) is 10.5 Å². The Labute approximate surface area is 86.4 Å². The molecule has 4 nitrogen and oxygen atoms in total. The van der Waals surface area contributed by atoms with Gasteiger partial charge in [-0.25, -0.2) is 4.79 Å². The summed E-state index contributed by atoms with van der Waals surface area (Å²) in [5, 5.41) is 1.62. The highest BCUT2D eigenvalue weighted by Crippen LogP contribution is 2.29. The van der Waals surface area contributed by atoms with E-state index in [4.69, 9.17) is 16.2 Å². The molecule has 0 radical (unpaired) electrons. The minimum absolute atomic E-state index is 0.423. The molecule has 0 fully saturated rings. The van der Waals surface area contributed by atoms with Gasteiger partial charge >= 0.3 is 6.09 Å². The van der Waals surface area contributed by atoms with Crippen molar-refractivity contribution < 1.29 is 9.53 Å². The zero-order valence-electron chi connectivity index (χ0n) is 7.94. The maximum absolute atomic E-state index is 10.7. The Bertz CT molecular complexity index is 523. The highest BCUT2D eigenvalue weighted by atomic mass is 16.5. The molecule has 0 unspecified atom stereocenters. The Morgan fingerprint density at radius 3 is 2.40 bits per heavy atom. The Balaban J connectivity index is 2.66. The summed E-state index contributed by atoms with van der Waals surface area (Å²) in [6.07, 6.45) is -0.829. The van der Waals surface area contributed by atoms with Crippen molar-refractivity contribution in [2.75, 3.05) is 5.73 Å². The zero-order valence-corrected chi connectivity index (χ0v) is 7.94. The molecule has 0 aliphatic rings. The Hall–Kier alpha value is -2.23. The Morgan fingerprint density at radius 1 is 1.07 bits per heavy atom. The number of carbonyl (C=O) groups excluding carboxylic acids is 1. The number of nitrogen functional groups attached to an aromatic ring is 1. The maximum atomic E-state index is 10.7. The van der Waals surface area contributed by atoms with Crippen LogP contribution in [0.15, 0.2) is 36.4 Å². The van der Waals surface area contributed by atoms with Crippen molar-refractivity contribution >= 4 is 22.6 Å². The first-order valence-corrected chi connectivity index (χ1v) is 4.43. The summed E-state index contributed by atoms with van der Waals surface area (Å²) in [5.74, 6) is 0.423. The fourth-order valence-corrected chi connectivity index (χ4v) is 1.49. The van der Waals surface area contributed by atoms with Gasteiger partial charge in [0, 0.05) is 16.5 Å². The second-order valence-corrected chi connectivity index (χ2v) is 3.12. The molecule has 2 rings (SSSR count). The second-order valence-electron chi connectivity index (χ2n) is 3.12.